The molecule has 2 aromatic rings. The Morgan fingerprint density at radius 3 is 2.60 bits per heavy atom. The monoisotopic (exact) mass is 421 g/mol. The molecule has 1 atom stereocenters. The van der Waals surface area contributed by atoms with Crippen LogP contribution in [0.5, 0.6) is 11.6 Å². The van der Waals surface area contributed by atoms with Gasteiger partial charge in [-0.15, -0.1) is 0 Å². The molecule has 1 aliphatic rings. The number of ether oxygens (including phenoxy) is 3. The number of carbonyl (C=O) groups is 1. The first kappa shape index (κ1) is 21.8. The molecular weight excluding hydrogens is 396 g/mol. The number of nitrogens with one attached hydrogen (secondary N) is 1. The Hall–Kier alpha value is -2.94. The lowest BCUT2D eigenvalue weighted by Crippen LogP contribution is -2.39. The van der Waals surface area contributed by atoms with E-state index in [2.05, 4.69) is 15.2 Å². The van der Waals surface area contributed by atoms with Gasteiger partial charge < -0.3 is 24.4 Å². The van der Waals surface area contributed by atoms with Crippen molar-refractivity contribution in [1.29, 1.82) is 0 Å². The molecule has 0 spiro atoms. The Kier molecular flexibility index (Phi) is 7.04. The minimum Gasteiger partial charge on any atom is -0.487 e. The van der Waals surface area contributed by atoms with E-state index < -0.39 is 17.7 Å². The van der Waals surface area contributed by atoms with Gasteiger partial charge in [-0.3, -0.25) is 4.79 Å². The fourth-order valence-electron chi connectivity index (χ4n) is 3.20. The zero-order chi connectivity index (χ0) is 21.7. The van der Waals surface area contributed by atoms with E-state index in [0.717, 1.165) is 11.8 Å². The molecule has 1 aromatic heterocycles. The number of rotatable bonds is 7. The van der Waals surface area contributed by atoms with Gasteiger partial charge in [-0.2, -0.15) is 0 Å². The van der Waals surface area contributed by atoms with E-state index in [4.69, 9.17) is 14.2 Å². The number of nitrogens with zero attached hydrogens (tertiary/aromatic N) is 2. The molecule has 162 valence electrons. The van der Waals surface area contributed by atoms with Crippen molar-refractivity contribution in [3.63, 3.8) is 0 Å². The Morgan fingerprint density at radius 2 is 1.97 bits per heavy atom. The van der Waals surface area contributed by atoms with Gasteiger partial charge in [-0.1, -0.05) is 0 Å². The lowest BCUT2D eigenvalue weighted by Gasteiger charge is -2.34. The van der Waals surface area contributed by atoms with Crippen LogP contribution in [0.2, 0.25) is 0 Å². The third kappa shape index (κ3) is 5.15. The normalized spacial score (nSPS) is 15.6. The fourth-order valence-corrected chi connectivity index (χ4v) is 3.20. The predicted octanol–water partition coefficient (Wildman–Crippen LogP) is 3.39. The summed E-state index contributed by atoms with van der Waals surface area (Å²) in [6, 6.07) is 5.04. The molecule has 0 bridgehead atoms. The summed E-state index contributed by atoms with van der Waals surface area (Å²) in [5.41, 5.74) is 1.32. The lowest BCUT2D eigenvalue weighted by atomic mass is 10.1. The number of halogens is 2. The average Bonchev–Trinajstić information content (AvgIpc) is 2.76. The van der Waals surface area contributed by atoms with Gasteiger partial charge in [0.15, 0.2) is 11.6 Å². The zero-order valence-corrected chi connectivity index (χ0v) is 17.2. The second-order valence-corrected chi connectivity index (χ2v) is 6.99. The van der Waals surface area contributed by atoms with E-state index in [-0.39, 0.29) is 17.8 Å². The Bertz CT molecular complexity index is 889. The van der Waals surface area contributed by atoms with Crippen molar-refractivity contribution in [2.24, 2.45) is 0 Å². The minimum absolute atomic E-state index is 0.0435. The number of methoxy groups -OCH3 is 2. The van der Waals surface area contributed by atoms with Crippen molar-refractivity contribution in [2.75, 3.05) is 37.5 Å². The predicted molar refractivity (Wildman–Crippen MR) is 108 cm³/mol. The lowest BCUT2D eigenvalue weighted by molar-refractivity contribution is -0.124. The van der Waals surface area contributed by atoms with Gasteiger partial charge in [0, 0.05) is 45.2 Å². The van der Waals surface area contributed by atoms with E-state index in [0.29, 0.717) is 37.5 Å². The molecule has 0 aliphatic carbocycles. The topological polar surface area (TPSA) is 72.9 Å². The van der Waals surface area contributed by atoms with Crippen molar-refractivity contribution in [3.05, 3.63) is 42.1 Å². The zero-order valence-electron chi connectivity index (χ0n) is 17.2. The number of carbonyl (C=O) groups excluding carboxylic acids is 1. The molecular formula is C21H25F2N3O4. The van der Waals surface area contributed by atoms with Gasteiger partial charge in [0.1, 0.15) is 18.0 Å². The molecule has 1 aromatic carbocycles. The van der Waals surface area contributed by atoms with E-state index in [9.17, 15) is 13.6 Å². The molecule has 3 rings (SSSR count). The molecule has 0 radical (unpaired) electrons. The van der Waals surface area contributed by atoms with Gasteiger partial charge in [0.05, 0.1) is 24.7 Å². The molecule has 9 heteroatoms. The van der Waals surface area contributed by atoms with Crippen LogP contribution in [0.4, 0.5) is 20.2 Å². The molecule has 7 nitrogen and oxygen atoms in total. The molecule has 1 amide bonds. The van der Waals surface area contributed by atoms with Crippen LogP contribution in [-0.2, 0) is 9.53 Å². The summed E-state index contributed by atoms with van der Waals surface area (Å²) in [5, 5.41) is 2.83. The van der Waals surface area contributed by atoms with Gasteiger partial charge in [-0.05, 0) is 19.1 Å². The summed E-state index contributed by atoms with van der Waals surface area (Å²) in [7, 11) is 2.99. The summed E-state index contributed by atoms with van der Waals surface area (Å²) in [6.45, 7) is 2.88. The molecule has 1 fully saturated rings. The molecule has 1 N–H and O–H groups in total. The van der Waals surface area contributed by atoms with Crippen molar-refractivity contribution >= 4 is 17.3 Å². The first-order chi connectivity index (χ1) is 14.4. The summed E-state index contributed by atoms with van der Waals surface area (Å²) in [5.74, 6) is -1.17. The molecule has 1 aliphatic heterocycles. The highest BCUT2D eigenvalue weighted by molar-refractivity contribution is 5.96. The maximum atomic E-state index is 13.9. The van der Waals surface area contributed by atoms with E-state index in [1.807, 2.05) is 0 Å². The number of benzene rings is 1. The summed E-state index contributed by atoms with van der Waals surface area (Å²) in [4.78, 5) is 18.5. The Balaban J connectivity index is 1.70. The van der Waals surface area contributed by atoms with Crippen LogP contribution < -0.4 is 19.7 Å². The largest absolute Gasteiger partial charge is 0.487 e. The third-order valence-electron chi connectivity index (χ3n) is 5.02. The summed E-state index contributed by atoms with van der Waals surface area (Å²) >= 11 is 0. The van der Waals surface area contributed by atoms with Crippen molar-refractivity contribution in [2.45, 2.75) is 32.0 Å². The number of hydrogen-bond donors (Lipinski definition) is 1. The highest BCUT2D eigenvalue weighted by Gasteiger charge is 2.25. The number of hydrogen-bond acceptors (Lipinski definition) is 6. The van der Waals surface area contributed by atoms with Gasteiger partial charge >= 0.3 is 0 Å². The number of aromatic nitrogens is 1. The highest BCUT2D eigenvalue weighted by atomic mass is 19.1. The van der Waals surface area contributed by atoms with Crippen LogP contribution >= 0.6 is 0 Å². The second kappa shape index (κ2) is 9.71. The van der Waals surface area contributed by atoms with E-state index >= 15 is 0 Å². The fraction of sp³-hybridized carbons (Fsp3) is 0.429. The standard InChI is InChI=1S/C21H25F2N3O4/c1-13(28-2)21(27)25-17-12-24-20(29-3)11-18(17)26-8-6-15(7-9-26)30-19-5-4-14(22)10-16(19)23/h4-5,10-13,15H,6-9H2,1-3H3,(H,25,27). The number of amides is 1. The van der Waals surface area contributed by atoms with Crippen LogP contribution in [0.25, 0.3) is 0 Å². The van der Waals surface area contributed by atoms with Crippen LogP contribution in [0.15, 0.2) is 30.5 Å². The van der Waals surface area contributed by atoms with E-state index in [1.165, 1.54) is 26.4 Å². The van der Waals surface area contributed by atoms with Gasteiger partial charge in [-0.25, -0.2) is 13.8 Å². The van der Waals surface area contributed by atoms with Crippen LogP contribution in [-0.4, -0.2) is 50.4 Å². The molecule has 1 unspecified atom stereocenters. The van der Waals surface area contributed by atoms with Crippen molar-refractivity contribution < 1.29 is 27.8 Å². The maximum absolute atomic E-state index is 13.9. The van der Waals surface area contributed by atoms with Crippen molar-refractivity contribution in [3.8, 4) is 11.6 Å². The van der Waals surface area contributed by atoms with Crippen LogP contribution in [0.1, 0.15) is 19.8 Å². The molecule has 30 heavy (non-hydrogen) atoms. The minimum atomic E-state index is -0.714. The van der Waals surface area contributed by atoms with E-state index in [1.54, 1.807) is 19.2 Å². The smallest absolute Gasteiger partial charge is 0.253 e. The molecule has 2 heterocycles. The highest BCUT2D eigenvalue weighted by Crippen LogP contribution is 2.32. The summed E-state index contributed by atoms with van der Waals surface area (Å²) < 4.78 is 42.9. The average molecular weight is 421 g/mol. The molecule has 1 saturated heterocycles. The third-order valence-corrected chi connectivity index (χ3v) is 5.02. The molecule has 0 saturated carbocycles. The first-order valence-electron chi connectivity index (χ1n) is 9.65. The van der Waals surface area contributed by atoms with Gasteiger partial charge in [0.25, 0.3) is 5.91 Å². The number of anilines is 2. The van der Waals surface area contributed by atoms with Crippen molar-refractivity contribution in [1.82, 2.24) is 4.98 Å². The number of piperidine rings is 1. The second-order valence-electron chi connectivity index (χ2n) is 6.99. The Labute approximate surface area is 173 Å². The van der Waals surface area contributed by atoms with Crippen LogP contribution in [0.3, 0.4) is 0 Å². The first-order valence-corrected chi connectivity index (χ1v) is 9.65. The SMILES string of the molecule is COc1cc(N2CCC(Oc3ccc(F)cc3F)CC2)c(NC(=O)C(C)OC)cn1. The van der Waals surface area contributed by atoms with Gasteiger partial charge in [0.2, 0.25) is 5.88 Å². The number of pyridine rings is 1. The summed E-state index contributed by atoms with van der Waals surface area (Å²) in [6.07, 6.45) is 2.00. The Morgan fingerprint density at radius 1 is 1.23 bits per heavy atom. The van der Waals surface area contributed by atoms with Crippen LogP contribution in [0, 0.1) is 11.6 Å². The maximum Gasteiger partial charge on any atom is 0.253 e. The quantitative estimate of drug-likeness (QED) is 0.739.